The molecule has 1 saturated heterocycles. The van der Waals surface area contributed by atoms with Crippen molar-refractivity contribution in [3.8, 4) is 0 Å². The lowest BCUT2D eigenvalue weighted by atomic mass is 10.2. The zero-order valence-electron chi connectivity index (χ0n) is 11.3. The fourth-order valence-electron chi connectivity index (χ4n) is 2.27. The second-order valence-electron chi connectivity index (χ2n) is 4.87. The zero-order chi connectivity index (χ0) is 12.5. The monoisotopic (exact) mass is 241 g/mol. The van der Waals surface area contributed by atoms with Crippen LogP contribution in [0.15, 0.2) is 0 Å². The molecule has 1 amide bonds. The molecule has 0 aliphatic carbocycles. The average molecular weight is 241 g/mol. The first-order chi connectivity index (χ1) is 8.25. The summed E-state index contributed by atoms with van der Waals surface area (Å²) < 4.78 is 0. The van der Waals surface area contributed by atoms with Gasteiger partial charge in [0.25, 0.3) is 0 Å². The SMILES string of the molecule is CNCCCNC(=O)C(C)N1CCCCCC1. The molecule has 1 unspecified atom stereocenters. The van der Waals surface area contributed by atoms with E-state index < -0.39 is 0 Å². The standard InChI is InChI=1S/C13H27N3O/c1-12(13(17)15-9-7-8-14-2)16-10-5-3-4-6-11-16/h12,14H,3-11H2,1-2H3,(H,15,17). The van der Waals surface area contributed by atoms with E-state index in [0.29, 0.717) is 0 Å². The Kier molecular flexibility index (Phi) is 7.21. The number of likely N-dealkylation sites (tertiary alicyclic amines) is 1. The van der Waals surface area contributed by atoms with E-state index >= 15 is 0 Å². The van der Waals surface area contributed by atoms with Gasteiger partial charge in [-0.3, -0.25) is 9.69 Å². The molecule has 2 N–H and O–H groups in total. The van der Waals surface area contributed by atoms with Crippen molar-refractivity contribution in [2.24, 2.45) is 0 Å². The first-order valence-corrected chi connectivity index (χ1v) is 6.92. The minimum absolute atomic E-state index is 0.0303. The van der Waals surface area contributed by atoms with Gasteiger partial charge in [-0.05, 0) is 52.9 Å². The number of carbonyl (C=O) groups excluding carboxylic acids is 1. The Morgan fingerprint density at radius 3 is 2.41 bits per heavy atom. The third kappa shape index (κ3) is 5.50. The van der Waals surface area contributed by atoms with Crippen molar-refractivity contribution in [2.45, 2.75) is 45.1 Å². The van der Waals surface area contributed by atoms with Crippen LogP contribution < -0.4 is 10.6 Å². The van der Waals surface area contributed by atoms with Gasteiger partial charge in [-0.15, -0.1) is 0 Å². The van der Waals surface area contributed by atoms with E-state index in [4.69, 9.17) is 0 Å². The smallest absolute Gasteiger partial charge is 0.237 e. The molecule has 0 saturated carbocycles. The first-order valence-electron chi connectivity index (χ1n) is 6.92. The van der Waals surface area contributed by atoms with Crippen molar-refractivity contribution in [2.75, 3.05) is 33.2 Å². The van der Waals surface area contributed by atoms with E-state index in [9.17, 15) is 4.79 Å². The van der Waals surface area contributed by atoms with E-state index in [2.05, 4.69) is 15.5 Å². The second-order valence-corrected chi connectivity index (χ2v) is 4.87. The normalized spacial score (nSPS) is 19.6. The highest BCUT2D eigenvalue weighted by Gasteiger charge is 2.21. The third-order valence-electron chi connectivity index (χ3n) is 3.47. The van der Waals surface area contributed by atoms with Gasteiger partial charge in [-0.2, -0.15) is 0 Å². The fourth-order valence-corrected chi connectivity index (χ4v) is 2.27. The molecule has 1 aliphatic heterocycles. The van der Waals surface area contributed by atoms with Crippen LogP contribution in [0.4, 0.5) is 0 Å². The van der Waals surface area contributed by atoms with Gasteiger partial charge in [-0.1, -0.05) is 12.8 Å². The van der Waals surface area contributed by atoms with Crippen molar-refractivity contribution in [1.29, 1.82) is 0 Å². The van der Waals surface area contributed by atoms with Crippen LogP contribution in [0.25, 0.3) is 0 Å². The van der Waals surface area contributed by atoms with Crippen molar-refractivity contribution < 1.29 is 4.79 Å². The first kappa shape index (κ1) is 14.5. The summed E-state index contributed by atoms with van der Waals surface area (Å²) in [6.45, 7) is 5.91. The molecule has 1 heterocycles. The van der Waals surface area contributed by atoms with Gasteiger partial charge in [0.2, 0.25) is 5.91 Å². The minimum Gasteiger partial charge on any atom is -0.355 e. The van der Waals surface area contributed by atoms with Crippen molar-refractivity contribution >= 4 is 5.91 Å². The molecule has 0 bridgehead atoms. The van der Waals surface area contributed by atoms with Gasteiger partial charge >= 0.3 is 0 Å². The van der Waals surface area contributed by atoms with Crippen LogP contribution in [0.2, 0.25) is 0 Å². The Labute approximate surface area is 105 Å². The summed E-state index contributed by atoms with van der Waals surface area (Å²) in [4.78, 5) is 14.3. The highest BCUT2D eigenvalue weighted by atomic mass is 16.2. The number of hydrogen-bond donors (Lipinski definition) is 2. The van der Waals surface area contributed by atoms with Gasteiger partial charge in [0.05, 0.1) is 6.04 Å². The molecule has 17 heavy (non-hydrogen) atoms. The van der Waals surface area contributed by atoms with E-state index in [1.165, 1.54) is 25.7 Å². The molecule has 1 rings (SSSR count). The van der Waals surface area contributed by atoms with Crippen LogP contribution in [-0.2, 0) is 4.79 Å². The highest BCUT2D eigenvalue weighted by molar-refractivity contribution is 5.81. The third-order valence-corrected chi connectivity index (χ3v) is 3.47. The van der Waals surface area contributed by atoms with Gasteiger partial charge in [0.15, 0.2) is 0 Å². The molecule has 1 atom stereocenters. The second kappa shape index (κ2) is 8.48. The molecule has 0 aromatic heterocycles. The maximum Gasteiger partial charge on any atom is 0.237 e. The van der Waals surface area contributed by atoms with Crippen molar-refractivity contribution in [3.05, 3.63) is 0 Å². The van der Waals surface area contributed by atoms with E-state index in [0.717, 1.165) is 32.6 Å². The summed E-state index contributed by atoms with van der Waals surface area (Å²) in [6.07, 6.45) is 6.09. The topological polar surface area (TPSA) is 44.4 Å². The van der Waals surface area contributed by atoms with E-state index in [-0.39, 0.29) is 11.9 Å². The van der Waals surface area contributed by atoms with Crippen LogP contribution in [0.3, 0.4) is 0 Å². The molecule has 1 aliphatic rings. The summed E-state index contributed by atoms with van der Waals surface area (Å²) in [6, 6.07) is 0.0303. The average Bonchev–Trinajstić information content (AvgIpc) is 2.62. The van der Waals surface area contributed by atoms with Crippen LogP contribution in [-0.4, -0.2) is 50.1 Å². The molecule has 1 fully saturated rings. The van der Waals surface area contributed by atoms with Crippen LogP contribution in [0, 0.1) is 0 Å². The maximum absolute atomic E-state index is 11.9. The van der Waals surface area contributed by atoms with Gasteiger partial charge in [0.1, 0.15) is 0 Å². The summed E-state index contributed by atoms with van der Waals surface area (Å²) in [7, 11) is 1.93. The number of nitrogens with one attached hydrogen (secondary N) is 2. The molecule has 4 heteroatoms. The maximum atomic E-state index is 11.9. The van der Waals surface area contributed by atoms with Gasteiger partial charge in [0, 0.05) is 6.54 Å². The summed E-state index contributed by atoms with van der Waals surface area (Å²) in [5.41, 5.74) is 0. The largest absolute Gasteiger partial charge is 0.355 e. The lowest BCUT2D eigenvalue weighted by Gasteiger charge is -2.26. The number of amides is 1. The molecule has 0 aromatic rings. The van der Waals surface area contributed by atoms with Crippen molar-refractivity contribution in [3.63, 3.8) is 0 Å². The minimum atomic E-state index is 0.0303. The lowest BCUT2D eigenvalue weighted by Crippen LogP contribution is -2.45. The summed E-state index contributed by atoms with van der Waals surface area (Å²) >= 11 is 0. The highest BCUT2D eigenvalue weighted by Crippen LogP contribution is 2.12. The quantitative estimate of drug-likeness (QED) is 0.681. The Balaban J connectivity index is 2.24. The molecule has 4 nitrogen and oxygen atoms in total. The molecule has 100 valence electrons. The Hall–Kier alpha value is -0.610. The number of hydrogen-bond acceptors (Lipinski definition) is 3. The molecule has 0 spiro atoms. The molecular formula is C13H27N3O. The number of carbonyl (C=O) groups is 1. The predicted molar refractivity (Wildman–Crippen MR) is 71.1 cm³/mol. The van der Waals surface area contributed by atoms with Gasteiger partial charge < -0.3 is 10.6 Å². The summed E-state index contributed by atoms with van der Waals surface area (Å²) in [5.74, 6) is 0.183. The van der Waals surface area contributed by atoms with Crippen LogP contribution in [0.1, 0.15) is 39.0 Å². The molecular weight excluding hydrogens is 214 g/mol. The van der Waals surface area contributed by atoms with Crippen LogP contribution in [0.5, 0.6) is 0 Å². The van der Waals surface area contributed by atoms with Gasteiger partial charge in [-0.25, -0.2) is 0 Å². The molecule has 0 aromatic carbocycles. The van der Waals surface area contributed by atoms with E-state index in [1.54, 1.807) is 0 Å². The Bertz CT molecular complexity index is 213. The van der Waals surface area contributed by atoms with E-state index in [1.807, 2.05) is 14.0 Å². The molecule has 0 radical (unpaired) electrons. The number of nitrogens with zero attached hydrogens (tertiary/aromatic N) is 1. The Morgan fingerprint density at radius 1 is 1.18 bits per heavy atom. The number of rotatable bonds is 6. The summed E-state index contributed by atoms with van der Waals surface area (Å²) in [5, 5.41) is 6.09. The zero-order valence-corrected chi connectivity index (χ0v) is 11.3. The van der Waals surface area contributed by atoms with Crippen molar-refractivity contribution in [1.82, 2.24) is 15.5 Å². The Morgan fingerprint density at radius 2 is 1.82 bits per heavy atom. The predicted octanol–water partition coefficient (Wildman–Crippen LogP) is 0.977. The van der Waals surface area contributed by atoms with Crippen LogP contribution >= 0.6 is 0 Å². The lowest BCUT2D eigenvalue weighted by molar-refractivity contribution is -0.125. The fraction of sp³-hybridized carbons (Fsp3) is 0.923.